The summed E-state index contributed by atoms with van der Waals surface area (Å²) in [6.45, 7) is 11.6. The fourth-order valence-corrected chi connectivity index (χ4v) is 3.48. The zero-order valence-corrected chi connectivity index (χ0v) is 23.7. The van der Waals surface area contributed by atoms with Crippen molar-refractivity contribution in [2.24, 2.45) is 0 Å². The van der Waals surface area contributed by atoms with E-state index in [0.717, 1.165) is 50.8 Å². The van der Waals surface area contributed by atoms with Crippen molar-refractivity contribution in [1.29, 1.82) is 0 Å². The van der Waals surface area contributed by atoms with Crippen molar-refractivity contribution in [2.75, 3.05) is 39.3 Å². The van der Waals surface area contributed by atoms with Crippen molar-refractivity contribution in [1.82, 2.24) is 20.9 Å². The molecule has 0 saturated carbocycles. The van der Waals surface area contributed by atoms with Crippen LogP contribution in [0.1, 0.15) is 31.9 Å². The normalized spacial score (nSPS) is 17.9. The Morgan fingerprint density at radius 1 is 0.872 bits per heavy atom. The number of nitrogens with one attached hydrogen (secondary N) is 3. The van der Waals surface area contributed by atoms with Crippen LogP contribution in [0.4, 0.5) is 9.59 Å². The number of halogens is 1. The van der Waals surface area contributed by atoms with Crippen LogP contribution >= 0.6 is 11.6 Å². The molecular formula is C28H41ClN4O6. The standard InChI is InChI=1S/C13H18N2O2.C8H7ClO2.C5H12N2.C2H4O2/c1-11-9-15(8-7-14-11)13(16)17-10-12-5-3-2-4-6-12;9-8(10)11-6-7-4-2-1-3-5-7;1-5-4-6-2-3-7-5;1-2(3)4/h2-6,11,14H,7-10H2,1H3;1-5H,6H2;5-7H,2-4H2,1H3;1H3,(H,3,4)/t11-;;5-;/m0.0./s1. The molecule has 2 aromatic rings. The van der Waals surface area contributed by atoms with Crippen LogP contribution in [0.2, 0.25) is 0 Å². The lowest BCUT2D eigenvalue weighted by Crippen LogP contribution is -2.51. The number of ether oxygens (including phenoxy) is 2. The van der Waals surface area contributed by atoms with Gasteiger partial charge in [0.1, 0.15) is 13.2 Å². The summed E-state index contributed by atoms with van der Waals surface area (Å²) in [5, 5.41) is 17.3. The average molecular weight is 565 g/mol. The quantitative estimate of drug-likeness (QED) is 0.409. The molecule has 2 aliphatic rings. The minimum Gasteiger partial charge on any atom is -0.481 e. The molecule has 2 atom stereocenters. The minimum atomic E-state index is -0.833. The molecule has 2 fully saturated rings. The molecule has 4 N–H and O–H groups in total. The van der Waals surface area contributed by atoms with Crippen LogP contribution < -0.4 is 16.0 Å². The fourth-order valence-electron chi connectivity index (χ4n) is 3.42. The lowest BCUT2D eigenvalue weighted by Gasteiger charge is -2.31. The number of aliphatic carboxylic acids is 1. The Hall–Kier alpha value is -3.18. The highest BCUT2D eigenvalue weighted by Crippen LogP contribution is 2.06. The van der Waals surface area contributed by atoms with Crippen LogP contribution in [0.3, 0.4) is 0 Å². The lowest BCUT2D eigenvalue weighted by molar-refractivity contribution is -0.134. The summed E-state index contributed by atoms with van der Waals surface area (Å²) in [5.41, 5.74) is 1.18. The topological polar surface area (TPSA) is 129 Å². The van der Waals surface area contributed by atoms with Crippen molar-refractivity contribution >= 4 is 29.1 Å². The Balaban J connectivity index is 0.000000296. The molecule has 39 heavy (non-hydrogen) atoms. The number of piperazine rings is 2. The Labute approximate surface area is 236 Å². The molecule has 10 nitrogen and oxygen atoms in total. The maximum atomic E-state index is 11.8. The van der Waals surface area contributed by atoms with Crippen LogP contribution in [0.25, 0.3) is 0 Å². The van der Waals surface area contributed by atoms with Crippen molar-refractivity contribution in [3.05, 3.63) is 71.8 Å². The predicted octanol–water partition coefficient (Wildman–Crippen LogP) is 3.84. The van der Waals surface area contributed by atoms with Crippen molar-refractivity contribution in [2.45, 2.75) is 46.1 Å². The van der Waals surface area contributed by atoms with Gasteiger partial charge in [-0.3, -0.25) is 4.79 Å². The molecule has 2 saturated heterocycles. The second-order valence-corrected chi connectivity index (χ2v) is 9.24. The summed E-state index contributed by atoms with van der Waals surface area (Å²) >= 11 is 4.97. The number of carbonyl (C=O) groups excluding carboxylic acids is 2. The number of benzene rings is 2. The monoisotopic (exact) mass is 564 g/mol. The molecule has 0 bridgehead atoms. The number of hydrogen-bond acceptors (Lipinski definition) is 8. The van der Waals surface area contributed by atoms with E-state index in [9.17, 15) is 9.59 Å². The molecule has 4 rings (SSSR count). The van der Waals surface area contributed by atoms with Gasteiger partial charge >= 0.3 is 11.5 Å². The number of carboxylic acids is 1. The average Bonchev–Trinajstić information content (AvgIpc) is 2.92. The Kier molecular flexibility index (Phi) is 18.0. The fraction of sp³-hybridized carbons (Fsp3) is 0.464. The molecular weight excluding hydrogens is 524 g/mol. The van der Waals surface area contributed by atoms with E-state index < -0.39 is 11.4 Å². The summed E-state index contributed by atoms with van der Waals surface area (Å²) in [6.07, 6.45) is -0.220. The van der Waals surface area contributed by atoms with E-state index in [1.807, 2.05) is 60.7 Å². The summed E-state index contributed by atoms with van der Waals surface area (Å²) < 4.78 is 9.83. The van der Waals surface area contributed by atoms with Crippen LogP contribution in [0, 0.1) is 0 Å². The SMILES string of the molecule is CC(=O)O.C[C@H]1CN(C(=O)OCc2ccccc2)CCN1.C[C@H]1CNCCN1.O=C(Cl)OCc1ccccc1. The number of nitrogens with zero attached hydrogens (tertiary/aromatic N) is 1. The largest absolute Gasteiger partial charge is 0.481 e. The number of rotatable bonds is 4. The van der Waals surface area contributed by atoms with Crippen LogP contribution in [0.5, 0.6) is 0 Å². The number of amides is 1. The summed E-state index contributed by atoms with van der Waals surface area (Å²) in [7, 11) is 0. The van der Waals surface area contributed by atoms with E-state index in [-0.39, 0.29) is 12.7 Å². The van der Waals surface area contributed by atoms with Gasteiger partial charge in [0.2, 0.25) is 0 Å². The van der Waals surface area contributed by atoms with Gasteiger partial charge in [-0.25, -0.2) is 9.59 Å². The van der Waals surface area contributed by atoms with E-state index in [4.69, 9.17) is 26.2 Å². The van der Waals surface area contributed by atoms with Gasteiger partial charge in [-0.2, -0.15) is 0 Å². The molecule has 2 aromatic carbocycles. The minimum absolute atomic E-state index is 0.220. The second-order valence-electron chi connectivity index (χ2n) is 8.93. The van der Waals surface area contributed by atoms with Crippen molar-refractivity contribution < 1.29 is 29.0 Å². The van der Waals surface area contributed by atoms with Crippen molar-refractivity contribution in [3.8, 4) is 0 Å². The van der Waals surface area contributed by atoms with E-state index in [1.54, 1.807) is 4.90 Å². The maximum Gasteiger partial charge on any atom is 0.410 e. The van der Waals surface area contributed by atoms with Gasteiger partial charge < -0.3 is 35.4 Å². The first-order chi connectivity index (χ1) is 18.7. The van der Waals surface area contributed by atoms with E-state index in [1.165, 1.54) is 0 Å². The van der Waals surface area contributed by atoms with E-state index >= 15 is 0 Å². The number of carbonyl (C=O) groups is 3. The van der Waals surface area contributed by atoms with Crippen LogP contribution in [-0.2, 0) is 27.5 Å². The van der Waals surface area contributed by atoms with Gasteiger partial charge in [0, 0.05) is 69.9 Å². The van der Waals surface area contributed by atoms with Gasteiger partial charge in [-0.1, -0.05) is 60.7 Å². The number of carboxylic acid groups (broad SMARTS) is 1. The zero-order valence-electron chi connectivity index (χ0n) is 22.9. The van der Waals surface area contributed by atoms with Crippen LogP contribution in [0.15, 0.2) is 60.7 Å². The Morgan fingerprint density at radius 3 is 1.79 bits per heavy atom. The van der Waals surface area contributed by atoms with Gasteiger partial charge in [0.05, 0.1) is 0 Å². The molecule has 0 radical (unpaired) electrons. The maximum absolute atomic E-state index is 11.8. The summed E-state index contributed by atoms with van der Waals surface area (Å²) in [5.74, 6) is -0.833. The Bertz CT molecular complexity index is 942. The molecule has 2 aliphatic heterocycles. The third-order valence-electron chi connectivity index (χ3n) is 5.27. The van der Waals surface area contributed by atoms with Crippen LogP contribution in [-0.4, -0.2) is 78.8 Å². The van der Waals surface area contributed by atoms with Gasteiger partial charge in [0.25, 0.3) is 5.97 Å². The zero-order chi connectivity index (χ0) is 28.9. The second kappa shape index (κ2) is 20.7. The predicted molar refractivity (Wildman–Crippen MR) is 152 cm³/mol. The molecule has 0 aliphatic carbocycles. The summed E-state index contributed by atoms with van der Waals surface area (Å²) in [6, 6.07) is 20.1. The molecule has 1 amide bonds. The highest BCUT2D eigenvalue weighted by atomic mass is 35.5. The molecule has 2 heterocycles. The molecule has 0 aromatic heterocycles. The highest BCUT2D eigenvalue weighted by molar-refractivity contribution is 6.61. The third kappa shape index (κ3) is 18.7. The van der Waals surface area contributed by atoms with Gasteiger partial charge in [0.15, 0.2) is 0 Å². The first kappa shape index (κ1) is 33.8. The highest BCUT2D eigenvalue weighted by Gasteiger charge is 2.21. The lowest BCUT2D eigenvalue weighted by atomic mass is 10.2. The first-order valence-corrected chi connectivity index (χ1v) is 13.2. The smallest absolute Gasteiger partial charge is 0.410 e. The Morgan fingerprint density at radius 2 is 1.38 bits per heavy atom. The molecule has 0 unspecified atom stereocenters. The van der Waals surface area contributed by atoms with E-state index in [0.29, 0.717) is 25.2 Å². The number of hydrogen-bond donors (Lipinski definition) is 4. The molecule has 216 valence electrons. The third-order valence-corrected chi connectivity index (χ3v) is 5.38. The summed E-state index contributed by atoms with van der Waals surface area (Å²) in [4.78, 5) is 32.7. The van der Waals surface area contributed by atoms with Gasteiger partial charge in [-0.15, -0.1) is 0 Å². The first-order valence-electron chi connectivity index (χ1n) is 12.9. The molecule has 0 spiro atoms. The van der Waals surface area contributed by atoms with Crippen molar-refractivity contribution in [3.63, 3.8) is 0 Å². The molecule has 11 heteroatoms. The van der Waals surface area contributed by atoms with Gasteiger partial charge in [-0.05, 0) is 25.0 Å². The van der Waals surface area contributed by atoms with E-state index in [2.05, 4.69) is 34.5 Å².